The SMILES string of the molecule is NC(=O)CN(c1cccc(Cl)c1Cl)S(=O)(=O)c1ccc(Cl)c(Cl)c1. The fourth-order valence-corrected chi connectivity index (χ4v) is 4.17. The molecule has 0 saturated heterocycles. The molecule has 0 radical (unpaired) electrons. The first-order valence-corrected chi connectivity index (χ1v) is 9.30. The molecule has 0 unspecified atom stereocenters. The number of anilines is 1. The van der Waals surface area contributed by atoms with Crippen molar-refractivity contribution in [2.24, 2.45) is 5.73 Å². The largest absolute Gasteiger partial charge is 0.368 e. The van der Waals surface area contributed by atoms with Crippen LogP contribution in [0.1, 0.15) is 0 Å². The maximum atomic E-state index is 12.9. The Kier molecular flexibility index (Phi) is 5.88. The van der Waals surface area contributed by atoms with Gasteiger partial charge in [0, 0.05) is 0 Å². The normalized spacial score (nSPS) is 11.3. The lowest BCUT2D eigenvalue weighted by molar-refractivity contribution is -0.116. The van der Waals surface area contributed by atoms with Crippen molar-refractivity contribution in [1.29, 1.82) is 0 Å². The van der Waals surface area contributed by atoms with Crippen LogP contribution in [0.3, 0.4) is 0 Å². The number of nitrogens with two attached hydrogens (primary N) is 1. The third-order valence-corrected chi connectivity index (χ3v) is 6.28. The van der Waals surface area contributed by atoms with Crippen LogP contribution in [0.15, 0.2) is 41.3 Å². The number of halogens is 4. The fraction of sp³-hybridized carbons (Fsp3) is 0.0714. The van der Waals surface area contributed by atoms with E-state index >= 15 is 0 Å². The van der Waals surface area contributed by atoms with Gasteiger partial charge in [0.2, 0.25) is 5.91 Å². The Morgan fingerprint density at radius 1 is 1.00 bits per heavy atom. The zero-order valence-corrected chi connectivity index (χ0v) is 15.7. The topological polar surface area (TPSA) is 80.5 Å². The minimum atomic E-state index is -4.18. The summed E-state index contributed by atoms with van der Waals surface area (Å²) in [6.45, 7) is -0.622. The van der Waals surface area contributed by atoms with Crippen LogP contribution in [0.4, 0.5) is 5.69 Å². The molecule has 0 saturated carbocycles. The van der Waals surface area contributed by atoms with E-state index in [0.717, 1.165) is 4.31 Å². The summed E-state index contributed by atoms with van der Waals surface area (Å²) in [6.07, 6.45) is 0. The lowest BCUT2D eigenvalue weighted by atomic mass is 10.3. The van der Waals surface area contributed by atoms with Gasteiger partial charge < -0.3 is 5.73 Å². The van der Waals surface area contributed by atoms with E-state index in [-0.39, 0.29) is 30.7 Å². The molecule has 2 aromatic carbocycles. The molecular weight excluding hydrogens is 418 g/mol. The Bertz CT molecular complexity index is 903. The van der Waals surface area contributed by atoms with Crippen LogP contribution in [0.25, 0.3) is 0 Å². The highest BCUT2D eigenvalue weighted by molar-refractivity contribution is 7.92. The first-order chi connectivity index (χ1) is 11.1. The monoisotopic (exact) mass is 426 g/mol. The number of hydrogen-bond donors (Lipinski definition) is 1. The Labute approximate surface area is 158 Å². The number of benzene rings is 2. The van der Waals surface area contributed by atoms with E-state index in [2.05, 4.69) is 0 Å². The summed E-state index contributed by atoms with van der Waals surface area (Å²) in [5.74, 6) is -0.866. The van der Waals surface area contributed by atoms with Crippen LogP contribution in [0.2, 0.25) is 20.1 Å². The molecule has 128 valence electrons. The molecular formula is C14H10Cl4N2O3S. The molecule has 10 heteroatoms. The zero-order chi connectivity index (χ0) is 18.1. The van der Waals surface area contributed by atoms with E-state index in [1.807, 2.05) is 0 Å². The summed E-state index contributed by atoms with van der Waals surface area (Å²) in [6, 6.07) is 8.16. The summed E-state index contributed by atoms with van der Waals surface area (Å²) in [5.41, 5.74) is 5.20. The number of amides is 1. The van der Waals surface area contributed by atoms with Gasteiger partial charge in [0.15, 0.2) is 0 Å². The Hall–Kier alpha value is -1.18. The van der Waals surface area contributed by atoms with Crippen molar-refractivity contribution in [2.75, 3.05) is 10.8 Å². The van der Waals surface area contributed by atoms with Crippen molar-refractivity contribution in [3.63, 3.8) is 0 Å². The van der Waals surface area contributed by atoms with Gasteiger partial charge in [-0.05, 0) is 30.3 Å². The predicted octanol–water partition coefficient (Wildman–Crippen LogP) is 3.98. The number of sulfonamides is 1. The first-order valence-electron chi connectivity index (χ1n) is 6.34. The van der Waals surface area contributed by atoms with Crippen molar-refractivity contribution in [3.8, 4) is 0 Å². The number of rotatable bonds is 5. The third-order valence-electron chi connectivity index (χ3n) is 2.98. The van der Waals surface area contributed by atoms with E-state index in [1.165, 1.54) is 36.4 Å². The maximum absolute atomic E-state index is 12.9. The van der Waals surface area contributed by atoms with Crippen LogP contribution in [0, 0.1) is 0 Å². The van der Waals surface area contributed by atoms with E-state index in [9.17, 15) is 13.2 Å². The molecule has 2 aromatic rings. The van der Waals surface area contributed by atoms with Crippen molar-refractivity contribution in [2.45, 2.75) is 4.90 Å². The van der Waals surface area contributed by atoms with Crippen LogP contribution in [0.5, 0.6) is 0 Å². The number of hydrogen-bond acceptors (Lipinski definition) is 3. The maximum Gasteiger partial charge on any atom is 0.264 e. The van der Waals surface area contributed by atoms with Gasteiger partial charge in [0.1, 0.15) is 6.54 Å². The number of primary amides is 1. The van der Waals surface area contributed by atoms with Gasteiger partial charge in [-0.3, -0.25) is 9.10 Å². The Balaban J connectivity index is 2.64. The molecule has 0 aromatic heterocycles. The molecule has 0 spiro atoms. The minimum Gasteiger partial charge on any atom is -0.368 e. The van der Waals surface area contributed by atoms with Gasteiger partial charge in [0.25, 0.3) is 10.0 Å². The smallest absolute Gasteiger partial charge is 0.264 e. The summed E-state index contributed by atoms with van der Waals surface area (Å²) in [4.78, 5) is 11.2. The molecule has 24 heavy (non-hydrogen) atoms. The molecule has 0 aliphatic rings. The van der Waals surface area contributed by atoms with Crippen molar-refractivity contribution < 1.29 is 13.2 Å². The lowest BCUT2D eigenvalue weighted by Crippen LogP contribution is -2.38. The van der Waals surface area contributed by atoms with E-state index < -0.39 is 22.5 Å². The van der Waals surface area contributed by atoms with Gasteiger partial charge >= 0.3 is 0 Å². The average molecular weight is 428 g/mol. The molecule has 0 aliphatic carbocycles. The Morgan fingerprint density at radius 2 is 1.67 bits per heavy atom. The van der Waals surface area contributed by atoms with Gasteiger partial charge in [-0.25, -0.2) is 8.42 Å². The first kappa shape index (κ1) is 19.1. The van der Waals surface area contributed by atoms with Crippen molar-refractivity contribution in [3.05, 3.63) is 56.5 Å². The highest BCUT2D eigenvalue weighted by Gasteiger charge is 2.29. The van der Waals surface area contributed by atoms with Crippen molar-refractivity contribution in [1.82, 2.24) is 0 Å². The van der Waals surface area contributed by atoms with Gasteiger partial charge in [0.05, 0.1) is 30.7 Å². The van der Waals surface area contributed by atoms with Gasteiger partial charge in [-0.1, -0.05) is 52.5 Å². The minimum absolute atomic E-state index is 0.0223. The molecule has 0 atom stereocenters. The second-order valence-electron chi connectivity index (χ2n) is 4.63. The fourth-order valence-electron chi connectivity index (χ4n) is 1.89. The highest BCUT2D eigenvalue weighted by Crippen LogP contribution is 2.36. The highest BCUT2D eigenvalue weighted by atomic mass is 35.5. The summed E-state index contributed by atoms with van der Waals surface area (Å²) in [5, 5.41) is 0.351. The summed E-state index contributed by atoms with van der Waals surface area (Å²) < 4.78 is 26.6. The number of carbonyl (C=O) groups is 1. The molecule has 2 N–H and O–H groups in total. The number of nitrogens with zero attached hydrogens (tertiary/aromatic N) is 1. The molecule has 0 heterocycles. The van der Waals surface area contributed by atoms with E-state index in [4.69, 9.17) is 52.1 Å². The molecule has 0 fully saturated rings. The molecule has 2 rings (SSSR count). The number of carbonyl (C=O) groups excluding carboxylic acids is 1. The van der Waals surface area contributed by atoms with Crippen LogP contribution < -0.4 is 10.0 Å². The van der Waals surface area contributed by atoms with Crippen LogP contribution in [-0.4, -0.2) is 20.9 Å². The van der Waals surface area contributed by atoms with Crippen molar-refractivity contribution >= 4 is 68.0 Å². The third kappa shape index (κ3) is 3.90. The second-order valence-corrected chi connectivity index (χ2v) is 8.09. The Morgan fingerprint density at radius 3 is 2.25 bits per heavy atom. The predicted molar refractivity (Wildman–Crippen MR) is 96.7 cm³/mol. The summed E-state index contributed by atoms with van der Waals surface area (Å²) in [7, 11) is -4.18. The molecule has 0 aliphatic heterocycles. The molecule has 1 amide bonds. The second kappa shape index (κ2) is 7.37. The van der Waals surface area contributed by atoms with Gasteiger partial charge in [-0.2, -0.15) is 0 Å². The van der Waals surface area contributed by atoms with E-state index in [1.54, 1.807) is 0 Å². The lowest BCUT2D eigenvalue weighted by Gasteiger charge is -2.24. The van der Waals surface area contributed by atoms with Crippen LogP contribution >= 0.6 is 46.4 Å². The van der Waals surface area contributed by atoms with Crippen LogP contribution in [-0.2, 0) is 14.8 Å². The zero-order valence-electron chi connectivity index (χ0n) is 11.8. The standard InChI is InChI=1S/C14H10Cl4N2O3S/c15-9-5-4-8(6-11(9)17)24(22,23)20(7-13(19)21)12-3-1-2-10(16)14(12)18/h1-6H,7H2,(H2,19,21). The van der Waals surface area contributed by atoms with Gasteiger partial charge in [-0.15, -0.1) is 0 Å². The molecule has 0 bridgehead atoms. The van der Waals surface area contributed by atoms with E-state index in [0.29, 0.717) is 0 Å². The summed E-state index contributed by atoms with van der Waals surface area (Å²) >= 11 is 23.7. The quantitative estimate of drug-likeness (QED) is 0.783. The average Bonchev–Trinajstić information content (AvgIpc) is 2.50. The molecule has 5 nitrogen and oxygen atoms in total.